The standard InChI is InChI=1S/5C2H6.4CH4.CH3.Ar.U/c5*1-2;;;;;;;/h5*1-2H3;4*1H4;1H3;;/q;;;;;;;;;-1;;. The molecule has 17 heavy (non-hydrogen) atoms. The van der Waals surface area contributed by atoms with Crippen LogP contribution in [-0.4, -0.2) is 0 Å². The van der Waals surface area contributed by atoms with Crippen molar-refractivity contribution in [2.75, 3.05) is 0 Å². The quantitative estimate of drug-likeness (QED) is 0.291. The zero-order valence-electron chi connectivity index (χ0n) is 11.9. The summed E-state index contributed by atoms with van der Waals surface area (Å²) in [6.45, 7) is 20.0. The Balaban J connectivity index is -0.00000000167. The zero-order chi connectivity index (χ0) is 10.0. The van der Waals surface area contributed by atoms with Crippen LogP contribution in [0.1, 0.15) is 98.9 Å². The van der Waals surface area contributed by atoms with E-state index in [1.807, 2.05) is 69.2 Å². The van der Waals surface area contributed by atoms with Gasteiger partial charge in [-0.15, -0.1) is 0 Å². The van der Waals surface area contributed by atoms with Crippen LogP contribution in [0, 0.1) is 76.3 Å². The SMILES string of the molecule is C.C.C.C.CC.CC.CC.CC.CC.[Ar].[CH3-].[U]. The minimum Gasteiger partial charge on any atom is -0.358 e. The molecule has 0 rings (SSSR count). The molecule has 0 aliphatic heterocycles. The Morgan fingerprint density at radius 3 is 0.353 bits per heavy atom. The van der Waals surface area contributed by atoms with Crippen molar-refractivity contribution in [3.05, 3.63) is 7.43 Å². The second-order valence-electron chi connectivity index (χ2n) is 0. The zero-order valence-corrected chi connectivity index (χ0v) is 16.7. The summed E-state index contributed by atoms with van der Waals surface area (Å²) in [6, 6.07) is 0. The monoisotopic (exact) mass is 507 g/mol. The summed E-state index contributed by atoms with van der Waals surface area (Å²) in [4.78, 5) is 0. The third kappa shape index (κ3) is 912. The third-order valence-corrected chi connectivity index (χ3v) is 0. The van der Waals surface area contributed by atoms with Crippen molar-refractivity contribution < 1.29 is 68.9 Å². The van der Waals surface area contributed by atoms with E-state index in [4.69, 9.17) is 0 Å². The Morgan fingerprint density at radius 2 is 0.353 bits per heavy atom. The molecule has 2 heteroatoms. The second kappa shape index (κ2) is 1030. The predicted molar refractivity (Wildman–Crippen MR) is 90.1 cm³/mol. The van der Waals surface area contributed by atoms with E-state index in [1.165, 1.54) is 0 Å². The fraction of sp³-hybridized carbons (Fsp3) is 0.933. The van der Waals surface area contributed by atoms with Gasteiger partial charge in [-0.25, -0.2) is 0 Å². The van der Waals surface area contributed by atoms with Crippen molar-refractivity contribution in [1.82, 2.24) is 0 Å². The molecule has 0 N–H and O–H groups in total. The van der Waals surface area contributed by atoms with Gasteiger partial charge in [0.1, 0.15) is 0 Å². The summed E-state index contributed by atoms with van der Waals surface area (Å²) in [7, 11) is 0. The fourth-order valence-electron chi connectivity index (χ4n) is 0. The average Bonchev–Trinajstić information content (AvgIpc) is 2.20. The summed E-state index contributed by atoms with van der Waals surface area (Å²) in [5.41, 5.74) is 0. The van der Waals surface area contributed by atoms with Crippen molar-refractivity contribution in [2.45, 2.75) is 98.9 Å². The van der Waals surface area contributed by atoms with Crippen LogP contribution >= 0.6 is 0 Å². The third-order valence-electron chi connectivity index (χ3n) is 0. The van der Waals surface area contributed by atoms with Crippen molar-refractivity contribution in [2.24, 2.45) is 0 Å². The van der Waals surface area contributed by atoms with Crippen LogP contribution < -0.4 is 0 Å². The molecule has 0 amide bonds. The second-order valence-corrected chi connectivity index (χ2v) is 0. The molecule has 0 radical (unpaired) electrons. The molecule has 0 aromatic rings. The molecular formula is C15H49ArU-. The molecule has 0 aromatic carbocycles. The molecule has 0 unspecified atom stereocenters. The van der Waals surface area contributed by atoms with Gasteiger partial charge in [0.25, 0.3) is 0 Å². The van der Waals surface area contributed by atoms with Gasteiger partial charge >= 0.3 is 0 Å². The molecule has 0 atom stereocenters. The van der Waals surface area contributed by atoms with Crippen molar-refractivity contribution >= 4 is 0 Å². The summed E-state index contributed by atoms with van der Waals surface area (Å²) in [6.07, 6.45) is 0. The van der Waals surface area contributed by atoms with Gasteiger partial charge in [-0.1, -0.05) is 98.9 Å². The molecule has 0 saturated heterocycles. The molecule has 122 valence electrons. The molecule has 0 saturated carbocycles. The maximum atomic E-state index is 2.00. The number of hydrogen-bond acceptors (Lipinski definition) is 0. The number of rotatable bonds is 0. The Bertz CT molecular complexity index is 10.9. The normalized spacial score (nSPS) is 1.76. The molecule has 0 aliphatic rings. The first-order chi connectivity index (χ1) is 5.00. The molecule has 0 bridgehead atoms. The molecule has 0 fully saturated rings. The first-order valence-corrected chi connectivity index (χ1v) is 5.00. The Kier molecular flexibility index (Phi) is 7320. The summed E-state index contributed by atoms with van der Waals surface area (Å²) >= 11 is 0. The minimum atomic E-state index is 0. The summed E-state index contributed by atoms with van der Waals surface area (Å²) < 4.78 is 0. The van der Waals surface area contributed by atoms with Gasteiger partial charge in [0.15, 0.2) is 0 Å². The van der Waals surface area contributed by atoms with Crippen LogP contribution in [0.2, 0.25) is 0 Å². The Labute approximate surface area is 173 Å². The summed E-state index contributed by atoms with van der Waals surface area (Å²) in [5, 5.41) is 0. The minimum absolute atomic E-state index is 0. The molecule has 0 spiro atoms. The van der Waals surface area contributed by atoms with Crippen LogP contribution in [0.3, 0.4) is 0 Å². The molecular weight excluding hydrogens is 458 g/mol. The van der Waals surface area contributed by atoms with Crippen LogP contribution in [-0.2, 0) is 0 Å². The van der Waals surface area contributed by atoms with E-state index in [0.717, 1.165) is 0 Å². The Morgan fingerprint density at radius 1 is 0.353 bits per heavy atom. The van der Waals surface area contributed by atoms with Gasteiger partial charge < -0.3 is 7.43 Å². The molecule has 0 nitrogen and oxygen atoms in total. The van der Waals surface area contributed by atoms with Crippen molar-refractivity contribution in [3.63, 3.8) is 0 Å². The Hall–Kier alpha value is 2.31. The van der Waals surface area contributed by atoms with Crippen molar-refractivity contribution in [1.29, 1.82) is 0 Å². The topological polar surface area (TPSA) is 0 Å². The molecule has 0 heterocycles. The van der Waals surface area contributed by atoms with E-state index >= 15 is 0 Å². The maximum absolute atomic E-state index is 2.00. The van der Waals surface area contributed by atoms with Crippen LogP contribution in [0.25, 0.3) is 0 Å². The molecule has 0 aromatic heterocycles. The smallest absolute Gasteiger partial charge is 0 e. The largest absolute Gasteiger partial charge is 0.358 e. The van der Waals surface area contributed by atoms with E-state index in [0.29, 0.717) is 0 Å². The van der Waals surface area contributed by atoms with Crippen LogP contribution in [0.4, 0.5) is 0 Å². The predicted octanol–water partition coefficient (Wildman–Crippen LogP) is 8.13. The van der Waals surface area contributed by atoms with E-state index in [9.17, 15) is 0 Å². The van der Waals surface area contributed by atoms with Crippen LogP contribution in [0.5, 0.6) is 0 Å². The van der Waals surface area contributed by atoms with E-state index < -0.39 is 0 Å². The average molecular weight is 508 g/mol. The van der Waals surface area contributed by atoms with E-state index in [1.54, 1.807) is 0 Å². The molecule has 0 aliphatic carbocycles. The van der Waals surface area contributed by atoms with Crippen LogP contribution in [0.15, 0.2) is 0 Å². The van der Waals surface area contributed by atoms with Crippen molar-refractivity contribution in [3.8, 4) is 0 Å². The first-order valence-electron chi connectivity index (χ1n) is 5.00. The fourth-order valence-corrected chi connectivity index (χ4v) is 0. The first kappa shape index (κ1) is 121. The van der Waals surface area contributed by atoms with Gasteiger partial charge in [0.05, 0.1) is 0 Å². The van der Waals surface area contributed by atoms with E-state index in [-0.39, 0.29) is 106 Å². The van der Waals surface area contributed by atoms with Gasteiger partial charge in [-0.2, -0.15) is 0 Å². The summed E-state index contributed by atoms with van der Waals surface area (Å²) in [5.74, 6) is 0. The van der Waals surface area contributed by atoms with Gasteiger partial charge in [-0.05, 0) is 0 Å². The maximum Gasteiger partial charge on any atom is 0 e. The number of hydrogen-bond donors (Lipinski definition) is 0. The van der Waals surface area contributed by atoms with Gasteiger partial charge in [0.2, 0.25) is 0 Å². The van der Waals surface area contributed by atoms with E-state index in [2.05, 4.69) is 0 Å². The van der Waals surface area contributed by atoms with Gasteiger partial charge in [0, 0.05) is 68.9 Å². The van der Waals surface area contributed by atoms with Gasteiger partial charge in [-0.3, -0.25) is 0 Å².